The number of likely N-dealkylation sites (tertiary alicyclic amines) is 1. The first-order valence-corrected chi connectivity index (χ1v) is 11.3. The fourth-order valence-corrected chi connectivity index (χ4v) is 5.21. The van der Waals surface area contributed by atoms with Crippen LogP contribution in [0.3, 0.4) is 0 Å². The molecule has 0 saturated carbocycles. The number of nitrogens with zero attached hydrogens (tertiary/aromatic N) is 4. The molecule has 7 nitrogen and oxygen atoms in total. The third-order valence-corrected chi connectivity index (χ3v) is 6.61. The van der Waals surface area contributed by atoms with E-state index in [-0.39, 0.29) is 11.5 Å². The molecule has 0 N–H and O–H groups in total. The van der Waals surface area contributed by atoms with Crippen molar-refractivity contribution in [3.8, 4) is 11.4 Å². The van der Waals surface area contributed by atoms with Crippen molar-refractivity contribution in [2.75, 3.05) is 20.2 Å². The number of piperidine rings is 1. The molecule has 1 aliphatic heterocycles. The van der Waals surface area contributed by atoms with E-state index in [1.54, 1.807) is 31.4 Å². The first kappa shape index (κ1) is 21.2. The second-order valence-corrected chi connectivity index (χ2v) is 9.22. The molecular weight excluding hydrogens is 416 g/mol. The smallest absolute Gasteiger partial charge is 0.296 e. The van der Waals surface area contributed by atoms with E-state index in [0.29, 0.717) is 53.0 Å². The van der Waals surface area contributed by atoms with Crippen molar-refractivity contribution in [2.24, 2.45) is 18.9 Å². The van der Waals surface area contributed by atoms with E-state index in [2.05, 4.69) is 18.9 Å². The number of amides is 1. The van der Waals surface area contributed by atoms with Gasteiger partial charge < -0.3 is 14.2 Å². The van der Waals surface area contributed by atoms with Gasteiger partial charge in [0.25, 0.3) is 11.5 Å². The van der Waals surface area contributed by atoms with Crippen LogP contribution in [0, 0.1) is 11.8 Å². The summed E-state index contributed by atoms with van der Waals surface area (Å²) in [5.74, 6) is 1.41. The zero-order valence-electron chi connectivity index (χ0n) is 19.4. The number of hydrogen-bond donors (Lipinski definition) is 0. The minimum Gasteiger partial charge on any atom is -0.497 e. The van der Waals surface area contributed by atoms with Crippen molar-refractivity contribution < 1.29 is 9.53 Å². The van der Waals surface area contributed by atoms with Gasteiger partial charge in [0.15, 0.2) is 5.69 Å². The molecule has 3 heterocycles. The topological polar surface area (TPSA) is 69.4 Å². The van der Waals surface area contributed by atoms with E-state index >= 15 is 0 Å². The lowest BCUT2D eigenvalue weighted by molar-refractivity contribution is 0.0617. The maximum absolute atomic E-state index is 13.9. The summed E-state index contributed by atoms with van der Waals surface area (Å²) in [6.07, 6.45) is 1.10. The number of aromatic nitrogens is 3. The van der Waals surface area contributed by atoms with Gasteiger partial charge in [-0.3, -0.25) is 9.59 Å². The number of rotatable bonds is 3. The standard InChI is InChI=1S/C26H28N4O3/c1-16-13-17(2)15-29(14-16)25(31)23-22-20-7-5-6-8-21(20)28(3)24(22)26(32)30(27-23)18-9-11-19(33-4)12-10-18/h5-12,16-17H,13-15H2,1-4H3/t16-,17-/m0/s1. The number of carbonyl (C=O) groups excluding carboxylic acids is 1. The predicted octanol–water partition coefficient (Wildman–Crippen LogP) is 4.00. The average Bonchev–Trinajstić information content (AvgIpc) is 3.12. The summed E-state index contributed by atoms with van der Waals surface area (Å²) in [5, 5.41) is 6.16. The average molecular weight is 445 g/mol. The van der Waals surface area contributed by atoms with Gasteiger partial charge in [-0.2, -0.15) is 9.78 Å². The fraction of sp³-hybridized carbons (Fsp3) is 0.346. The lowest BCUT2D eigenvalue weighted by Gasteiger charge is -2.34. The van der Waals surface area contributed by atoms with Crippen molar-refractivity contribution in [1.82, 2.24) is 19.2 Å². The fourth-order valence-electron chi connectivity index (χ4n) is 5.21. The molecule has 1 amide bonds. The summed E-state index contributed by atoms with van der Waals surface area (Å²) in [6.45, 7) is 5.74. The highest BCUT2D eigenvalue weighted by Crippen LogP contribution is 2.30. The third kappa shape index (κ3) is 3.48. The van der Waals surface area contributed by atoms with Gasteiger partial charge in [-0.05, 0) is 48.6 Å². The predicted molar refractivity (Wildman–Crippen MR) is 129 cm³/mol. The van der Waals surface area contributed by atoms with Crippen LogP contribution in [0.15, 0.2) is 53.3 Å². The minimum atomic E-state index is -0.259. The molecule has 2 aromatic heterocycles. The van der Waals surface area contributed by atoms with Crippen molar-refractivity contribution in [2.45, 2.75) is 20.3 Å². The molecule has 4 aromatic rings. The summed E-state index contributed by atoms with van der Waals surface area (Å²) in [7, 11) is 3.46. The van der Waals surface area contributed by atoms with Crippen LogP contribution in [0.2, 0.25) is 0 Å². The number of para-hydroxylation sites is 1. The van der Waals surface area contributed by atoms with Crippen LogP contribution in [0.5, 0.6) is 5.75 Å². The lowest BCUT2D eigenvalue weighted by atomic mass is 9.91. The summed E-state index contributed by atoms with van der Waals surface area (Å²) in [4.78, 5) is 29.4. The second kappa shape index (κ2) is 8.06. The molecule has 0 aliphatic carbocycles. The molecular formula is C26H28N4O3. The normalized spacial score (nSPS) is 18.7. The number of aryl methyl sites for hydroxylation is 1. The summed E-state index contributed by atoms with van der Waals surface area (Å²) in [5.41, 5.74) is 2.02. The molecule has 1 fully saturated rings. The maximum Gasteiger partial charge on any atom is 0.296 e. The molecule has 0 spiro atoms. The zero-order chi connectivity index (χ0) is 23.3. The van der Waals surface area contributed by atoms with Gasteiger partial charge in [-0.1, -0.05) is 32.0 Å². The Kier molecular flexibility index (Phi) is 5.19. The van der Waals surface area contributed by atoms with Gasteiger partial charge in [0.05, 0.1) is 12.8 Å². The molecule has 1 aliphatic rings. The monoisotopic (exact) mass is 444 g/mol. The van der Waals surface area contributed by atoms with E-state index in [1.807, 2.05) is 40.8 Å². The molecule has 1 saturated heterocycles. The lowest BCUT2D eigenvalue weighted by Crippen LogP contribution is -2.43. The maximum atomic E-state index is 13.9. The van der Waals surface area contributed by atoms with Gasteiger partial charge in [-0.15, -0.1) is 0 Å². The quantitative estimate of drug-likeness (QED) is 0.479. The Bertz CT molecular complexity index is 1410. The van der Waals surface area contributed by atoms with E-state index < -0.39 is 0 Å². The molecule has 2 aromatic carbocycles. The van der Waals surface area contributed by atoms with Crippen molar-refractivity contribution in [3.63, 3.8) is 0 Å². The Morgan fingerprint density at radius 3 is 2.36 bits per heavy atom. The van der Waals surface area contributed by atoms with Crippen LogP contribution in [-0.4, -0.2) is 45.4 Å². The molecule has 7 heteroatoms. The van der Waals surface area contributed by atoms with Crippen molar-refractivity contribution in [1.29, 1.82) is 0 Å². The first-order valence-electron chi connectivity index (χ1n) is 11.3. The van der Waals surface area contributed by atoms with Crippen molar-refractivity contribution in [3.05, 3.63) is 64.6 Å². The highest BCUT2D eigenvalue weighted by molar-refractivity contribution is 6.16. The van der Waals surface area contributed by atoms with Crippen LogP contribution in [0.1, 0.15) is 30.8 Å². The Labute approximate surface area is 192 Å². The number of carbonyl (C=O) groups is 1. The van der Waals surface area contributed by atoms with Gasteiger partial charge in [0, 0.05) is 36.4 Å². The Hall–Kier alpha value is -3.61. The molecule has 0 unspecified atom stereocenters. The number of ether oxygens (including phenoxy) is 1. The molecule has 2 atom stereocenters. The number of hydrogen-bond acceptors (Lipinski definition) is 4. The van der Waals surface area contributed by atoms with E-state index in [1.165, 1.54) is 4.68 Å². The molecule has 33 heavy (non-hydrogen) atoms. The highest BCUT2D eigenvalue weighted by Gasteiger charge is 2.30. The highest BCUT2D eigenvalue weighted by atomic mass is 16.5. The summed E-state index contributed by atoms with van der Waals surface area (Å²) < 4.78 is 8.46. The summed E-state index contributed by atoms with van der Waals surface area (Å²) in [6, 6.07) is 14.9. The SMILES string of the molecule is COc1ccc(-n2nc(C(=O)N3C[C@@H](C)C[C@H](C)C3)c3c4ccccc4n(C)c3c2=O)cc1. The largest absolute Gasteiger partial charge is 0.497 e. The Morgan fingerprint density at radius 1 is 1.03 bits per heavy atom. The molecule has 0 bridgehead atoms. The second-order valence-electron chi connectivity index (χ2n) is 9.22. The van der Waals surface area contributed by atoms with Gasteiger partial charge in [-0.25, -0.2) is 0 Å². The van der Waals surface area contributed by atoms with E-state index in [0.717, 1.165) is 17.3 Å². The molecule has 5 rings (SSSR count). The van der Waals surface area contributed by atoms with Crippen LogP contribution in [0.25, 0.3) is 27.5 Å². The van der Waals surface area contributed by atoms with Crippen LogP contribution < -0.4 is 10.3 Å². The van der Waals surface area contributed by atoms with Crippen molar-refractivity contribution >= 4 is 27.7 Å². The molecule has 170 valence electrons. The number of fused-ring (bicyclic) bond motifs is 3. The van der Waals surface area contributed by atoms with Gasteiger partial charge >= 0.3 is 0 Å². The van der Waals surface area contributed by atoms with Crippen LogP contribution >= 0.6 is 0 Å². The third-order valence-electron chi connectivity index (χ3n) is 6.61. The van der Waals surface area contributed by atoms with Crippen LogP contribution in [0.4, 0.5) is 0 Å². The summed E-state index contributed by atoms with van der Waals surface area (Å²) >= 11 is 0. The Balaban J connectivity index is 1.79. The van der Waals surface area contributed by atoms with Gasteiger partial charge in [0.2, 0.25) is 0 Å². The number of benzene rings is 2. The van der Waals surface area contributed by atoms with E-state index in [9.17, 15) is 9.59 Å². The zero-order valence-corrected chi connectivity index (χ0v) is 19.4. The number of methoxy groups -OCH3 is 1. The minimum absolute atomic E-state index is 0.128. The van der Waals surface area contributed by atoms with Gasteiger partial charge in [0.1, 0.15) is 11.3 Å². The van der Waals surface area contributed by atoms with Crippen LogP contribution in [-0.2, 0) is 7.05 Å². The Morgan fingerprint density at radius 2 is 1.70 bits per heavy atom. The van der Waals surface area contributed by atoms with E-state index in [4.69, 9.17) is 4.74 Å². The first-order chi connectivity index (χ1) is 15.9. The molecule has 0 radical (unpaired) electrons.